The Kier molecular flexibility index (Phi) is 2.98. The van der Waals surface area contributed by atoms with Crippen molar-refractivity contribution in [2.75, 3.05) is 0 Å². The molecule has 0 saturated heterocycles. The van der Waals surface area contributed by atoms with E-state index in [0.29, 0.717) is 5.69 Å². The Hall–Kier alpha value is -2.06. The summed E-state index contributed by atoms with van der Waals surface area (Å²) in [5.74, 6) is 0. The van der Waals surface area contributed by atoms with Crippen molar-refractivity contribution in [3.05, 3.63) is 42.0 Å². The van der Waals surface area contributed by atoms with Gasteiger partial charge in [0.15, 0.2) is 0 Å². The summed E-state index contributed by atoms with van der Waals surface area (Å²) in [5.41, 5.74) is 7.64. The lowest BCUT2D eigenvalue weighted by Gasteiger charge is -2.22. The van der Waals surface area contributed by atoms with Crippen LogP contribution in [0.25, 0.3) is 0 Å². The van der Waals surface area contributed by atoms with Gasteiger partial charge >= 0.3 is 0 Å². The average molecular weight is 229 g/mol. The van der Waals surface area contributed by atoms with Crippen LogP contribution in [0.1, 0.15) is 24.2 Å². The molecule has 0 bridgehead atoms. The fourth-order valence-electron chi connectivity index (χ4n) is 2.04. The largest absolute Gasteiger partial charge is 0.330 e. The van der Waals surface area contributed by atoms with Crippen LogP contribution >= 0.6 is 0 Å². The normalized spacial score (nSPS) is 14.2. The first-order chi connectivity index (χ1) is 8.13. The number of nitriles is 1. The molecule has 0 radical (unpaired) electrons. The molecule has 2 heterocycles. The zero-order valence-corrected chi connectivity index (χ0v) is 9.91. The van der Waals surface area contributed by atoms with Gasteiger partial charge in [-0.15, -0.1) is 0 Å². The van der Waals surface area contributed by atoms with Crippen molar-refractivity contribution in [2.24, 2.45) is 12.8 Å². The quantitative estimate of drug-likeness (QED) is 0.854. The molecule has 2 atom stereocenters. The van der Waals surface area contributed by atoms with E-state index in [9.17, 15) is 0 Å². The smallest absolute Gasteiger partial charge is 0.120 e. The molecule has 5 nitrogen and oxygen atoms in total. The Morgan fingerprint density at radius 1 is 1.53 bits per heavy atom. The minimum Gasteiger partial charge on any atom is -0.330 e. The first-order valence-electron chi connectivity index (χ1n) is 5.44. The van der Waals surface area contributed by atoms with Gasteiger partial charge in [0, 0.05) is 31.0 Å². The van der Waals surface area contributed by atoms with Crippen LogP contribution in [-0.2, 0) is 7.05 Å². The Morgan fingerprint density at radius 3 is 2.82 bits per heavy atom. The van der Waals surface area contributed by atoms with Crippen LogP contribution in [-0.4, -0.2) is 20.4 Å². The highest BCUT2D eigenvalue weighted by atomic mass is 15.2. The number of aryl methyl sites for hydroxylation is 1. The lowest BCUT2D eigenvalue weighted by molar-refractivity contribution is 0.494. The van der Waals surface area contributed by atoms with E-state index in [2.05, 4.69) is 11.2 Å². The summed E-state index contributed by atoms with van der Waals surface area (Å²) in [6.45, 7) is 1.93. The number of aromatic nitrogens is 3. The SMILES string of the molecule is CC(N)C(c1cnn(C)c1)n1cccc1C#N. The molecule has 2 aromatic heterocycles. The molecule has 2 unspecified atom stereocenters. The van der Waals surface area contributed by atoms with Gasteiger partial charge in [-0.05, 0) is 19.1 Å². The Labute approximate surface area is 100 Å². The fourth-order valence-corrected chi connectivity index (χ4v) is 2.04. The van der Waals surface area contributed by atoms with Crippen LogP contribution < -0.4 is 5.73 Å². The molecule has 0 aromatic carbocycles. The Balaban J connectivity index is 2.47. The molecule has 2 aromatic rings. The minimum atomic E-state index is -0.0984. The van der Waals surface area contributed by atoms with Gasteiger partial charge in [-0.2, -0.15) is 10.4 Å². The van der Waals surface area contributed by atoms with Crippen LogP contribution in [0.5, 0.6) is 0 Å². The monoisotopic (exact) mass is 229 g/mol. The van der Waals surface area contributed by atoms with Crippen molar-refractivity contribution in [1.82, 2.24) is 14.3 Å². The summed E-state index contributed by atoms with van der Waals surface area (Å²) in [6.07, 6.45) is 5.59. The molecular formula is C12H15N5. The molecule has 0 aliphatic carbocycles. The maximum atomic E-state index is 9.06. The first kappa shape index (κ1) is 11.4. The third-order valence-electron chi connectivity index (χ3n) is 2.76. The topological polar surface area (TPSA) is 72.6 Å². The van der Waals surface area contributed by atoms with Gasteiger partial charge < -0.3 is 10.3 Å². The lowest BCUT2D eigenvalue weighted by Crippen LogP contribution is -2.30. The van der Waals surface area contributed by atoms with Crippen LogP contribution in [0.2, 0.25) is 0 Å². The van der Waals surface area contributed by atoms with Crippen LogP contribution in [0.15, 0.2) is 30.7 Å². The van der Waals surface area contributed by atoms with Crippen molar-refractivity contribution >= 4 is 0 Å². The molecular weight excluding hydrogens is 214 g/mol. The second kappa shape index (κ2) is 4.44. The zero-order chi connectivity index (χ0) is 12.4. The summed E-state index contributed by atoms with van der Waals surface area (Å²) in [4.78, 5) is 0. The number of nitrogens with zero attached hydrogens (tertiary/aromatic N) is 4. The van der Waals surface area contributed by atoms with E-state index in [-0.39, 0.29) is 12.1 Å². The molecule has 2 N–H and O–H groups in total. The Morgan fingerprint density at radius 2 is 2.29 bits per heavy atom. The highest BCUT2D eigenvalue weighted by Crippen LogP contribution is 2.22. The number of hydrogen-bond acceptors (Lipinski definition) is 3. The third-order valence-corrected chi connectivity index (χ3v) is 2.76. The van der Waals surface area contributed by atoms with Gasteiger partial charge in [0.2, 0.25) is 0 Å². The van der Waals surface area contributed by atoms with E-state index in [4.69, 9.17) is 11.0 Å². The van der Waals surface area contributed by atoms with Crippen LogP contribution in [0, 0.1) is 11.3 Å². The van der Waals surface area contributed by atoms with Crippen molar-refractivity contribution in [3.8, 4) is 6.07 Å². The van der Waals surface area contributed by atoms with Gasteiger partial charge in [-0.25, -0.2) is 0 Å². The van der Waals surface area contributed by atoms with Gasteiger partial charge in [-0.3, -0.25) is 4.68 Å². The third kappa shape index (κ3) is 2.08. The number of nitrogens with two attached hydrogens (primary N) is 1. The predicted molar refractivity (Wildman–Crippen MR) is 64.1 cm³/mol. The molecule has 0 amide bonds. The van der Waals surface area contributed by atoms with Crippen molar-refractivity contribution in [2.45, 2.75) is 19.0 Å². The van der Waals surface area contributed by atoms with Crippen molar-refractivity contribution < 1.29 is 0 Å². The second-order valence-electron chi connectivity index (χ2n) is 4.16. The van der Waals surface area contributed by atoms with Crippen LogP contribution in [0.3, 0.4) is 0 Å². The fraction of sp³-hybridized carbons (Fsp3) is 0.333. The maximum absolute atomic E-state index is 9.06. The summed E-state index contributed by atoms with van der Waals surface area (Å²) in [7, 11) is 1.86. The van der Waals surface area contributed by atoms with E-state index in [1.165, 1.54) is 0 Å². The molecule has 5 heteroatoms. The van der Waals surface area contributed by atoms with E-state index in [1.807, 2.05) is 37.0 Å². The number of hydrogen-bond donors (Lipinski definition) is 1. The van der Waals surface area contributed by atoms with E-state index in [1.54, 1.807) is 16.9 Å². The summed E-state index contributed by atoms with van der Waals surface area (Å²) in [6, 6.07) is 5.64. The van der Waals surface area contributed by atoms with E-state index in [0.717, 1.165) is 5.56 Å². The molecule has 0 fully saturated rings. The summed E-state index contributed by atoms with van der Waals surface area (Å²) < 4.78 is 3.63. The van der Waals surface area contributed by atoms with Gasteiger partial charge in [-0.1, -0.05) is 0 Å². The highest BCUT2D eigenvalue weighted by Gasteiger charge is 2.21. The Bertz CT molecular complexity index is 543. The molecule has 2 rings (SSSR count). The summed E-state index contributed by atoms with van der Waals surface area (Å²) >= 11 is 0. The van der Waals surface area contributed by atoms with E-state index >= 15 is 0 Å². The van der Waals surface area contributed by atoms with Crippen molar-refractivity contribution in [3.63, 3.8) is 0 Å². The minimum absolute atomic E-state index is 0.0617. The van der Waals surface area contributed by atoms with Crippen molar-refractivity contribution in [1.29, 1.82) is 5.26 Å². The van der Waals surface area contributed by atoms with Gasteiger partial charge in [0.25, 0.3) is 0 Å². The zero-order valence-electron chi connectivity index (χ0n) is 9.91. The average Bonchev–Trinajstić information content (AvgIpc) is 2.88. The first-order valence-corrected chi connectivity index (χ1v) is 5.44. The molecule has 17 heavy (non-hydrogen) atoms. The van der Waals surface area contributed by atoms with E-state index < -0.39 is 0 Å². The molecule has 0 saturated carbocycles. The van der Waals surface area contributed by atoms with Gasteiger partial charge in [0.1, 0.15) is 11.8 Å². The second-order valence-corrected chi connectivity index (χ2v) is 4.16. The molecule has 0 aliphatic heterocycles. The maximum Gasteiger partial charge on any atom is 0.120 e. The molecule has 88 valence electrons. The highest BCUT2D eigenvalue weighted by molar-refractivity contribution is 5.27. The molecule has 0 aliphatic rings. The lowest BCUT2D eigenvalue weighted by atomic mass is 10.0. The predicted octanol–water partition coefficient (Wildman–Crippen LogP) is 1.03. The number of rotatable bonds is 3. The standard InChI is InChI=1S/C12H15N5/c1-9(14)12(10-7-15-16(2)8-10)17-5-3-4-11(17)6-13/h3-5,7-9,12H,14H2,1-2H3. The van der Waals surface area contributed by atoms with Crippen LogP contribution in [0.4, 0.5) is 0 Å². The summed E-state index contributed by atoms with van der Waals surface area (Å²) in [5, 5.41) is 13.2. The molecule has 0 spiro atoms. The van der Waals surface area contributed by atoms with Gasteiger partial charge in [0.05, 0.1) is 12.2 Å².